The molecule has 3 fully saturated rings. The third-order valence-electron chi connectivity index (χ3n) is 8.29. The van der Waals surface area contributed by atoms with Crippen molar-refractivity contribution in [2.45, 2.75) is 63.6 Å². The predicted octanol–water partition coefficient (Wildman–Crippen LogP) is 3.87. The van der Waals surface area contributed by atoms with E-state index < -0.39 is 36.1 Å². The van der Waals surface area contributed by atoms with Gasteiger partial charge in [0, 0.05) is 63.0 Å². The van der Waals surface area contributed by atoms with Crippen molar-refractivity contribution < 1.29 is 33.1 Å². The molecule has 0 saturated carbocycles. The second kappa shape index (κ2) is 12.9. The van der Waals surface area contributed by atoms with Crippen molar-refractivity contribution in [3.8, 4) is 17.3 Å². The number of nitrogens with zero attached hydrogens (tertiary/aromatic N) is 4. The second-order valence-electron chi connectivity index (χ2n) is 13.0. The van der Waals surface area contributed by atoms with E-state index in [0.717, 1.165) is 22.9 Å². The molecule has 12 nitrogen and oxygen atoms in total. The molecule has 15 heteroatoms. The van der Waals surface area contributed by atoms with Gasteiger partial charge in [-0.25, -0.2) is 9.19 Å². The van der Waals surface area contributed by atoms with Crippen LogP contribution in [0.1, 0.15) is 12.5 Å². The highest BCUT2D eigenvalue weighted by atomic mass is 35.5. The average Bonchev–Trinajstić information content (AvgIpc) is 3.68. The minimum Gasteiger partial charge on any atom is -0.456 e. The Morgan fingerprint density at radius 3 is 2.56 bits per heavy atom. The first-order valence-electron chi connectivity index (χ1n) is 15.2. The van der Waals surface area contributed by atoms with E-state index in [1.54, 1.807) is 0 Å². The molecule has 2 aromatic heterocycles. The number of amides is 1. The number of anilines is 1. The zero-order chi connectivity index (χ0) is 31.9. The van der Waals surface area contributed by atoms with Crippen molar-refractivity contribution in [2.75, 3.05) is 49.3 Å². The molecule has 3 aliphatic rings. The Bertz CT molecular complexity index is 1670. The van der Waals surface area contributed by atoms with E-state index >= 15 is 0 Å². The number of hydrogen-bond acceptors (Lipinski definition) is 10. The monoisotopic (exact) mass is 677 g/mol. The van der Waals surface area contributed by atoms with Gasteiger partial charge in [-0.1, -0.05) is 43.4 Å². The molecule has 3 aromatic rings. The third-order valence-corrected chi connectivity index (χ3v) is 12.6. The molecule has 4 atom stereocenters. The highest BCUT2D eigenvalue weighted by molar-refractivity contribution is 7.94. The largest absolute Gasteiger partial charge is 0.456 e. The Morgan fingerprint density at radius 1 is 1.16 bits per heavy atom. The first-order valence-corrected chi connectivity index (χ1v) is 21.2. The number of aromatic nitrogens is 3. The van der Waals surface area contributed by atoms with Gasteiger partial charge in [-0.2, -0.15) is 9.35 Å². The lowest BCUT2D eigenvalue weighted by atomic mass is 10.1. The fraction of sp³-hybridized carbons (Fsp3) is 0.567. The van der Waals surface area contributed by atoms with Crippen molar-refractivity contribution in [2.24, 2.45) is 4.36 Å². The number of rotatable bonds is 9. The molecule has 1 aromatic carbocycles. The number of nitrogens with one attached hydrogen (secondary N) is 1. The van der Waals surface area contributed by atoms with Gasteiger partial charge in [0.2, 0.25) is 0 Å². The van der Waals surface area contributed by atoms with Crippen LogP contribution in [0, 0.1) is 0 Å². The number of hydrogen-bond donors (Lipinski definition) is 2. The smallest absolute Gasteiger partial charge is 0.296 e. The van der Waals surface area contributed by atoms with Gasteiger partial charge in [-0.3, -0.25) is 9.78 Å². The van der Waals surface area contributed by atoms with Crippen LogP contribution in [0.2, 0.25) is 30.7 Å². The highest BCUT2D eigenvalue weighted by Gasteiger charge is 2.48. The van der Waals surface area contributed by atoms with Crippen LogP contribution in [0.25, 0.3) is 22.4 Å². The number of aliphatic hydroxyl groups is 1. The molecular formula is C30H40ClN5O7SSi. The number of benzene rings is 1. The summed E-state index contributed by atoms with van der Waals surface area (Å²) in [5.41, 5.74) is 4.18. The van der Waals surface area contributed by atoms with Crippen LogP contribution in [0.3, 0.4) is 0 Å². The number of aromatic amines is 1. The van der Waals surface area contributed by atoms with E-state index in [4.69, 9.17) is 40.5 Å². The molecule has 6 rings (SSSR count). The Balaban J connectivity index is 1.26. The van der Waals surface area contributed by atoms with Crippen LogP contribution in [-0.4, -0.2) is 107 Å². The summed E-state index contributed by atoms with van der Waals surface area (Å²) >= 11 is 7.04. The van der Waals surface area contributed by atoms with Gasteiger partial charge in [-0.05, 0) is 18.2 Å². The van der Waals surface area contributed by atoms with Gasteiger partial charge in [-0.15, -0.1) is 0 Å². The van der Waals surface area contributed by atoms with E-state index in [0.29, 0.717) is 53.1 Å². The molecule has 0 aliphatic carbocycles. The Morgan fingerprint density at radius 2 is 1.87 bits per heavy atom. The maximum Gasteiger partial charge on any atom is 0.296 e. The van der Waals surface area contributed by atoms with Crippen molar-refractivity contribution in [3.63, 3.8) is 0 Å². The van der Waals surface area contributed by atoms with Crippen LogP contribution >= 0.6 is 11.6 Å². The maximum atomic E-state index is 12.8. The zero-order valence-electron chi connectivity index (χ0n) is 26.0. The molecule has 2 N–H and O–H groups in total. The molecule has 1 amide bonds. The first-order chi connectivity index (χ1) is 21.4. The lowest BCUT2D eigenvalue weighted by Gasteiger charge is -2.30. The van der Waals surface area contributed by atoms with Gasteiger partial charge in [0.25, 0.3) is 11.9 Å². The summed E-state index contributed by atoms with van der Waals surface area (Å²) < 4.78 is 40.4. The summed E-state index contributed by atoms with van der Waals surface area (Å²) in [4.78, 5) is 26.3. The fourth-order valence-electron chi connectivity index (χ4n) is 5.80. The molecule has 5 heterocycles. The van der Waals surface area contributed by atoms with Crippen molar-refractivity contribution >= 4 is 52.2 Å². The van der Waals surface area contributed by atoms with Crippen molar-refractivity contribution in [1.82, 2.24) is 15.0 Å². The lowest BCUT2D eigenvalue weighted by Crippen LogP contribution is -2.40. The number of pyridine rings is 1. The molecule has 3 aliphatic heterocycles. The zero-order valence-corrected chi connectivity index (χ0v) is 28.5. The molecular weight excluding hydrogens is 638 g/mol. The molecule has 0 bridgehead atoms. The molecule has 45 heavy (non-hydrogen) atoms. The van der Waals surface area contributed by atoms with Crippen LogP contribution < -0.4 is 9.64 Å². The highest BCUT2D eigenvalue weighted by Crippen LogP contribution is 2.36. The van der Waals surface area contributed by atoms with E-state index in [2.05, 4.69) is 33.9 Å². The fourth-order valence-corrected chi connectivity index (χ4v) is 8.71. The van der Waals surface area contributed by atoms with Crippen LogP contribution in [0.5, 0.6) is 6.01 Å². The summed E-state index contributed by atoms with van der Waals surface area (Å²) in [5, 5.41) is 10.6. The van der Waals surface area contributed by atoms with Crippen LogP contribution in [0.15, 0.2) is 28.6 Å². The number of H-pyrrole nitrogens is 1. The third kappa shape index (κ3) is 7.21. The van der Waals surface area contributed by atoms with Gasteiger partial charge >= 0.3 is 0 Å². The number of imidazole rings is 1. The Kier molecular flexibility index (Phi) is 9.27. The Hall–Kier alpha value is -2.59. The average molecular weight is 678 g/mol. The van der Waals surface area contributed by atoms with Crippen LogP contribution in [-0.2, 0) is 35.3 Å². The number of carbonyl (C=O) groups excluding carboxylic acids is 1. The van der Waals surface area contributed by atoms with Gasteiger partial charge in [0.1, 0.15) is 23.8 Å². The summed E-state index contributed by atoms with van der Waals surface area (Å²) in [5.74, 6) is 0.315. The summed E-state index contributed by atoms with van der Waals surface area (Å²) in [6.45, 7) is 10.7. The summed E-state index contributed by atoms with van der Waals surface area (Å²) in [6.07, 6.45) is -1.89. The Labute approximate surface area is 269 Å². The molecule has 0 spiro atoms. The molecule has 0 radical (unpaired) electrons. The minimum absolute atomic E-state index is 0.210. The van der Waals surface area contributed by atoms with E-state index in [9.17, 15) is 14.1 Å². The number of aliphatic hydroxyl groups excluding tert-OH is 1. The summed E-state index contributed by atoms with van der Waals surface area (Å²) in [6, 6.07) is 9.19. The lowest BCUT2D eigenvalue weighted by molar-refractivity contribution is -0.115. The number of carbonyl (C=O) groups is 1. The quantitative estimate of drug-likeness (QED) is 0.253. The van der Waals surface area contributed by atoms with Gasteiger partial charge in [0.05, 0.1) is 40.3 Å². The molecule has 0 unspecified atom stereocenters. The van der Waals surface area contributed by atoms with E-state index in [1.165, 1.54) is 6.92 Å². The normalized spacial score (nSPS) is 24.6. The minimum atomic E-state index is -2.49. The SMILES string of the molecule is CC(=O)N=S1(=O)CCN(c2ccc(-c3nc4[nH]c(O[C@@H]5CO[C@H]6[C@@H]5OC[C@H]6O)nc4c(COCC[Si](C)(C)C)c3Cl)cc2)CC1. The predicted molar refractivity (Wildman–Crippen MR) is 175 cm³/mol. The topological polar surface area (TPSA) is 148 Å². The van der Waals surface area contributed by atoms with E-state index in [1.807, 2.05) is 24.3 Å². The number of halogens is 1. The van der Waals surface area contributed by atoms with Crippen molar-refractivity contribution in [3.05, 3.63) is 34.9 Å². The first kappa shape index (κ1) is 32.4. The second-order valence-corrected chi connectivity index (χ2v) is 21.5. The molecule has 244 valence electrons. The van der Waals surface area contributed by atoms with Gasteiger partial charge < -0.3 is 29.0 Å². The van der Waals surface area contributed by atoms with Crippen molar-refractivity contribution in [1.29, 1.82) is 0 Å². The maximum absolute atomic E-state index is 12.8. The van der Waals surface area contributed by atoms with Crippen LogP contribution in [0.4, 0.5) is 5.69 Å². The summed E-state index contributed by atoms with van der Waals surface area (Å²) in [7, 11) is -3.78. The standard InChI is InChI=1S/C30H40ClN5O7SSi/c1-18(37)35-44(39)12-9-36(10-13-44)20-7-5-19(6-8-20)25-24(31)21(15-40-11-14-45(2,3)4)26-29(32-25)34-30(33-26)43-23-17-42-27-22(38)16-41-28(23)27/h5-8,22-23,27-28,38H,9-17H2,1-4H3,(H,32,33,34)/t22-,23-,27-,28-/m1/s1. The number of fused-ring (bicyclic) bond motifs is 2. The van der Waals surface area contributed by atoms with E-state index in [-0.39, 0.29) is 37.8 Å². The molecule has 3 saturated heterocycles. The van der Waals surface area contributed by atoms with Gasteiger partial charge in [0.15, 0.2) is 11.8 Å². The number of ether oxygens (including phenoxy) is 4.